The SMILES string of the molecule is CCOC(=O)c1ccc(C)c(NC(=O)[C@H]2CCCN(S(=O)(=O)c3ccc(F)cc3)C2)c1. The predicted molar refractivity (Wildman–Crippen MR) is 114 cm³/mol. The minimum atomic E-state index is -3.83. The standard InChI is InChI=1S/C22H25FN2O5S/c1-3-30-22(27)16-7-6-15(2)20(13-16)24-21(26)17-5-4-12-25(14-17)31(28,29)19-10-8-18(23)9-11-19/h6-11,13,17H,3-5,12,14H2,1-2H3,(H,24,26)/t17-/m0/s1. The van der Waals surface area contributed by atoms with Crippen LogP contribution in [0, 0.1) is 18.7 Å². The van der Waals surface area contributed by atoms with E-state index in [0.29, 0.717) is 30.6 Å². The number of sulfonamides is 1. The zero-order valence-corrected chi connectivity index (χ0v) is 18.2. The highest BCUT2D eigenvalue weighted by Crippen LogP contribution is 2.26. The van der Waals surface area contributed by atoms with Gasteiger partial charge in [-0.3, -0.25) is 4.79 Å². The number of piperidine rings is 1. The largest absolute Gasteiger partial charge is 0.462 e. The average Bonchev–Trinajstić information content (AvgIpc) is 2.75. The first kappa shape index (κ1) is 22.9. The lowest BCUT2D eigenvalue weighted by Gasteiger charge is -2.31. The van der Waals surface area contributed by atoms with Crippen molar-refractivity contribution in [2.24, 2.45) is 5.92 Å². The quantitative estimate of drug-likeness (QED) is 0.684. The molecule has 0 unspecified atom stereocenters. The molecule has 1 aliphatic heterocycles. The number of rotatable bonds is 6. The summed E-state index contributed by atoms with van der Waals surface area (Å²) in [6, 6.07) is 9.54. The third kappa shape index (κ3) is 5.29. The van der Waals surface area contributed by atoms with E-state index in [-0.39, 0.29) is 24.0 Å². The first-order valence-corrected chi connectivity index (χ1v) is 11.5. The molecule has 1 fully saturated rings. The lowest BCUT2D eigenvalue weighted by molar-refractivity contribution is -0.120. The van der Waals surface area contributed by atoms with Crippen LogP contribution in [0.3, 0.4) is 0 Å². The van der Waals surface area contributed by atoms with Crippen LogP contribution in [-0.4, -0.2) is 44.3 Å². The van der Waals surface area contributed by atoms with Crippen molar-refractivity contribution in [3.05, 3.63) is 59.4 Å². The van der Waals surface area contributed by atoms with E-state index < -0.39 is 27.7 Å². The number of amides is 1. The van der Waals surface area contributed by atoms with Crippen molar-refractivity contribution in [2.45, 2.75) is 31.6 Å². The number of nitrogens with zero attached hydrogens (tertiary/aromatic N) is 1. The number of carbonyl (C=O) groups is 2. The molecule has 31 heavy (non-hydrogen) atoms. The molecule has 3 rings (SSSR count). The summed E-state index contributed by atoms with van der Waals surface area (Å²) in [6.07, 6.45) is 1.07. The molecule has 1 saturated heterocycles. The normalized spacial score (nSPS) is 17.2. The van der Waals surface area contributed by atoms with Gasteiger partial charge in [-0.2, -0.15) is 4.31 Å². The Balaban J connectivity index is 1.73. The van der Waals surface area contributed by atoms with Gasteiger partial charge in [0.15, 0.2) is 0 Å². The fourth-order valence-electron chi connectivity index (χ4n) is 3.46. The highest BCUT2D eigenvalue weighted by molar-refractivity contribution is 7.89. The Morgan fingerprint density at radius 1 is 1.19 bits per heavy atom. The summed E-state index contributed by atoms with van der Waals surface area (Å²) in [5.41, 5.74) is 1.58. The zero-order valence-electron chi connectivity index (χ0n) is 17.4. The van der Waals surface area contributed by atoms with Gasteiger partial charge < -0.3 is 10.1 Å². The Bertz CT molecular complexity index is 1070. The van der Waals surface area contributed by atoms with Gasteiger partial charge in [0.1, 0.15) is 5.82 Å². The summed E-state index contributed by atoms with van der Waals surface area (Å²) in [6.45, 7) is 4.08. The Morgan fingerprint density at radius 2 is 1.90 bits per heavy atom. The van der Waals surface area contributed by atoms with Crippen molar-refractivity contribution < 1.29 is 27.1 Å². The van der Waals surface area contributed by atoms with E-state index in [0.717, 1.165) is 17.7 Å². The van der Waals surface area contributed by atoms with Gasteiger partial charge in [-0.05, 0) is 68.7 Å². The fourth-order valence-corrected chi connectivity index (χ4v) is 4.99. The van der Waals surface area contributed by atoms with Gasteiger partial charge in [-0.15, -0.1) is 0 Å². The molecular weight excluding hydrogens is 423 g/mol. The second-order valence-electron chi connectivity index (χ2n) is 7.40. The van der Waals surface area contributed by atoms with Gasteiger partial charge in [-0.1, -0.05) is 6.07 Å². The van der Waals surface area contributed by atoms with Crippen molar-refractivity contribution in [1.29, 1.82) is 0 Å². The lowest BCUT2D eigenvalue weighted by Crippen LogP contribution is -2.43. The molecule has 1 N–H and O–H groups in total. The summed E-state index contributed by atoms with van der Waals surface area (Å²) < 4.78 is 45.2. The molecule has 2 aromatic carbocycles. The molecule has 0 aliphatic carbocycles. The minimum absolute atomic E-state index is 0.00654. The number of esters is 1. The van der Waals surface area contributed by atoms with Crippen LogP contribution in [0.15, 0.2) is 47.4 Å². The van der Waals surface area contributed by atoms with Crippen LogP contribution in [0.5, 0.6) is 0 Å². The Kier molecular flexibility index (Phi) is 7.07. The predicted octanol–water partition coefficient (Wildman–Crippen LogP) is 3.35. The van der Waals surface area contributed by atoms with Crippen LogP contribution >= 0.6 is 0 Å². The molecule has 0 bridgehead atoms. The summed E-state index contributed by atoms with van der Waals surface area (Å²) in [5.74, 6) is -1.86. The van der Waals surface area contributed by atoms with E-state index in [4.69, 9.17) is 4.74 Å². The second kappa shape index (κ2) is 9.57. The smallest absolute Gasteiger partial charge is 0.338 e. The van der Waals surface area contributed by atoms with Gasteiger partial charge in [0.05, 0.1) is 23.0 Å². The monoisotopic (exact) mass is 448 g/mol. The van der Waals surface area contributed by atoms with E-state index in [1.165, 1.54) is 16.4 Å². The molecular formula is C22H25FN2O5S. The van der Waals surface area contributed by atoms with Gasteiger partial charge in [-0.25, -0.2) is 17.6 Å². The van der Waals surface area contributed by atoms with Gasteiger partial charge in [0, 0.05) is 18.8 Å². The first-order chi connectivity index (χ1) is 14.7. The molecule has 0 aromatic heterocycles. The fraction of sp³-hybridized carbons (Fsp3) is 0.364. The molecule has 0 spiro atoms. The second-order valence-corrected chi connectivity index (χ2v) is 9.33. The number of hydrogen-bond donors (Lipinski definition) is 1. The Morgan fingerprint density at radius 3 is 2.58 bits per heavy atom. The van der Waals surface area contributed by atoms with Gasteiger partial charge in [0.2, 0.25) is 15.9 Å². The van der Waals surface area contributed by atoms with Crippen molar-refractivity contribution in [3.63, 3.8) is 0 Å². The molecule has 1 atom stereocenters. The maximum Gasteiger partial charge on any atom is 0.338 e. The van der Waals surface area contributed by atoms with E-state index in [2.05, 4.69) is 5.32 Å². The maximum atomic E-state index is 13.2. The van der Waals surface area contributed by atoms with Gasteiger partial charge >= 0.3 is 5.97 Å². The molecule has 1 amide bonds. The Hall–Kier alpha value is -2.78. The van der Waals surface area contributed by atoms with Crippen molar-refractivity contribution in [2.75, 3.05) is 25.0 Å². The number of halogens is 1. The molecule has 1 heterocycles. The van der Waals surface area contributed by atoms with Crippen LogP contribution in [0.2, 0.25) is 0 Å². The number of ether oxygens (including phenoxy) is 1. The number of benzene rings is 2. The topological polar surface area (TPSA) is 92.8 Å². The third-order valence-corrected chi connectivity index (χ3v) is 7.09. The van der Waals surface area contributed by atoms with E-state index >= 15 is 0 Å². The lowest BCUT2D eigenvalue weighted by atomic mass is 9.98. The summed E-state index contributed by atoms with van der Waals surface area (Å²) in [4.78, 5) is 24.8. The number of nitrogens with one attached hydrogen (secondary N) is 1. The Labute approximate surface area is 181 Å². The number of carbonyl (C=O) groups excluding carboxylic acids is 2. The molecule has 2 aromatic rings. The molecule has 0 radical (unpaired) electrons. The summed E-state index contributed by atoms with van der Waals surface area (Å²) >= 11 is 0. The van der Waals surface area contributed by atoms with Crippen LogP contribution < -0.4 is 5.32 Å². The number of aryl methyl sites for hydroxylation is 1. The van der Waals surface area contributed by atoms with E-state index in [1.54, 1.807) is 32.0 Å². The highest BCUT2D eigenvalue weighted by atomic mass is 32.2. The zero-order chi connectivity index (χ0) is 22.6. The van der Waals surface area contributed by atoms with Crippen LogP contribution in [-0.2, 0) is 19.6 Å². The first-order valence-electron chi connectivity index (χ1n) is 10.1. The number of hydrogen-bond acceptors (Lipinski definition) is 5. The van der Waals surface area contributed by atoms with E-state index in [1.807, 2.05) is 0 Å². The van der Waals surface area contributed by atoms with E-state index in [9.17, 15) is 22.4 Å². The van der Waals surface area contributed by atoms with Crippen molar-refractivity contribution in [1.82, 2.24) is 4.31 Å². The van der Waals surface area contributed by atoms with Crippen LogP contribution in [0.4, 0.5) is 10.1 Å². The molecule has 0 saturated carbocycles. The van der Waals surface area contributed by atoms with Crippen molar-refractivity contribution in [3.8, 4) is 0 Å². The molecule has 9 heteroatoms. The summed E-state index contributed by atoms with van der Waals surface area (Å²) in [7, 11) is -3.83. The van der Waals surface area contributed by atoms with Gasteiger partial charge in [0.25, 0.3) is 0 Å². The van der Waals surface area contributed by atoms with Crippen LogP contribution in [0.25, 0.3) is 0 Å². The minimum Gasteiger partial charge on any atom is -0.462 e. The van der Waals surface area contributed by atoms with Crippen LogP contribution in [0.1, 0.15) is 35.7 Å². The highest BCUT2D eigenvalue weighted by Gasteiger charge is 2.33. The molecule has 7 nitrogen and oxygen atoms in total. The average molecular weight is 449 g/mol. The third-order valence-electron chi connectivity index (χ3n) is 5.21. The summed E-state index contributed by atoms with van der Waals surface area (Å²) in [5, 5.41) is 2.82. The maximum absolute atomic E-state index is 13.2. The molecule has 1 aliphatic rings. The molecule has 166 valence electrons. The number of anilines is 1. The van der Waals surface area contributed by atoms with Crippen molar-refractivity contribution >= 4 is 27.6 Å².